The van der Waals surface area contributed by atoms with Gasteiger partial charge in [0.25, 0.3) is 0 Å². The number of methoxy groups -OCH3 is 1. The largest absolute Gasteiger partial charge is 0.496 e. The third-order valence-electron chi connectivity index (χ3n) is 5.21. The highest BCUT2D eigenvalue weighted by atomic mass is 79.9. The molecule has 0 spiro atoms. The van der Waals surface area contributed by atoms with Crippen LogP contribution in [-0.2, 0) is 16.1 Å². The van der Waals surface area contributed by atoms with Crippen molar-refractivity contribution >= 4 is 21.8 Å². The van der Waals surface area contributed by atoms with Gasteiger partial charge in [0.05, 0.1) is 13.2 Å². The molecule has 6 heteroatoms. The van der Waals surface area contributed by atoms with Crippen molar-refractivity contribution < 1.29 is 14.3 Å². The van der Waals surface area contributed by atoms with Crippen LogP contribution in [0.3, 0.4) is 0 Å². The molecule has 134 valence electrons. The van der Waals surface area contributed by atoms with Gasteiger partial charge in [-0.1, -0.05) is 29.8 Å². The molecule has 0 heterocycles. The Morgan fingerprint density at radius 3 is 2.67 bits per heavy atom. The maximum Gasteiger partial charge on any atom is 0.243 e. The van der Waals surface area contributed by atoms with Gasteiger partial charge in [0.1, 0.15) is 11.3 Å². The number of hydrogen-bond acceptors (Lipinski definition) is 4. The Bertz CT molecular complexity index is 620. The first-order chi connectivity index (χ1) is 11.2. The molecule has 2 N–H and O–H groups in total. The van der Waals surface area contributed by atoms with E-state index in [1.807, 2.05) is 39.0 Å². The fourth-order valence-corrected chi connectivity index (χ4v) is 3.75. The minimum absolute atomic E-state index is 0.0188. The maximum absolute atomic E-state index is 13.0. The SMILES string of the molecule is CCOC1CC(N)(C(=O)N(C)Cc2cc(Br)ccc2OC)C1(C)C. The highest BCUT2D eigenvalue weighted by Gasteiger charge is 2.63. The maximum atomic E-state index is 13.0. The van der Waals surface area contributed by atoms with Gasteiger partial charge < -0.3 is 20.1 Å². The Labute approximate surface area is 152 Å². The van der Waals surface area contributed by atoms with Gasteiger partial charge in [-0.05, 0) is 25.1 Å². The number of rotatable bonds is 6. The van der Waals surface area contributed by atoms with Crippen molar-refractivity contribution in [2.75, 3.05) is 20.8 Å². The van der Waals surface area contributed by atoms with Crippen LogP contribution in [0, 0.1) is 5.41 Å². The summed E-state index contributed by atoms with van der Waals surface area (Å²) >= 11 is 3.46. The molecule has 5 nitrogen and oxygen atoms in total. The summed E-state index contributed by atoms with van der Waals surface area (Å²) in [5.41, 5.74) is 6.13. The van der Waals surface area contributed by atoms with Crippen molar-refractivity contribution in [1.29, 1.82) is 0 Å². The number of carbonyl (C=O) groups is 1. The monoisotopic (exact) mass is 398 g/mol. The quantitative estimate of drug-likeness (QED) is 0.799. The van der Waals surface area contributed by atoms with Gasteiger partial charge in [0.2, 0.25) is 5.91 Å². The highest BCUT2D eigenvalue weighted by molar-refractivity contribution is 9.10. The van der Waals surface area contributed by atoms with E-state index in [1.54, 1.807) is 19.1 Å². The van der Waals surface area contributed by atoms with Gasteiger partial charge in [-0.15, -0.1) is 0 Å². The number of nitrogens with two attached hydrogens (primary N) is 1. The third kappa shape index (κ3) is 3.19. The molecular formula is C18H27BrN2O3. The lowest BCUT2D eigenvalue weighted by atomic mass is 9.54. The Hall–Kier alpha value is -1.11. The van der Waals surface area contributed by atoms with E-state index in [-0.39, 0.29) is 12.0 Å². The zero-order valence-electron chi connectivity index (χ0n) is 15.1. The second-order valence-electron chi connectivity index (χ2n) is 6.96. The lowest BCUT2D eigenvalue weighted by Gasteiger charge is -2.58. The van der Waals surface area contributed by atoms with E-state index < -0.39 is 11.0 Å². The standard InChI is InChI=1S/C18H27BrN2O3/c1-6-24-15-10-18(20,17(15,2)3)16(22)21(4)11-12-9-13(19)7-8-14(12)23-5/h7-9,15H,6,10-11,20H2,1-5H3. The van der Waals surface area contributed by atoms with Crippen molar-refractivity contribution in [3.63, 3.8) is 0 Å². The number of carbonyl (C=O) groups excluding carboxylic acids is 1. The molecule has 1 aliphatic carbocycles. The average Bonchev–Trinajstić information content (AvgIpc) is 2.53. The van der Waals surface area contributed by atoms with Crippen LogP contribution >= 0.6 is 15.9 Å². The summed E-state index contributed by atoms with van der Waals surface area (Å²) in [6.07, 6.45) is 0.567. The zero-order valence-corrected chi connectivity index (χ0v) is 16.6. The molecule has 1 aliphatic rings. The van der Waals surface area contributed by atoms with Crippen molar-refractivity contribution in [1.82, 2.24) is 4.90 Å². The predicted molar refractivity (Wildman–Crippen MR) is 97.9 cm³/mol. The molecule has 2 atom stereocenters. The molecule has 1 aromatic carbocycles. The lowest BCUT2D eigenvalue weighted by molar-refractivity contribution is -0.178. The molecule has 1 saturated carbocycles. The second-order valence-corrected chi connectivity index (χ2v) is 7.87. The first-order valence-corrected chi connectivity index (χ1v) is 8.95. The Morgan fingerprint density at radius 1 is 1.46 bits per heavy atom. The summed E-state index contributed by atoms with van der Waals surface area (Å²) in [7, 11) is 3.40. The van der Waals surface area contributed by atoms with E-state index in [1.165, 1.54) is 0 Å². The number of hydrogen-bond donors (Lipinski definition) is 1. The first kappa shape index (κ1) is 19.2. The van der Waals surface area contributed by atoms with Crippen LogP contribution in [-0.4, -0.2) is 43.2 Å². The van der Waals surface area contributed by atoms with Crippen molar-refractivity contribution in [3.8, 4) is 5.75 Å². The molecule has 0 radical (unpaired) electrons. The molecule has 0 aliphatic heterocycles. The number of ether oxygens (including phenoxy) is 2. The van der Waals surface area contributed by atoms with Crippen molar-refractivity contribution in [2.24, 2.45) is 11.1 Å². The van der Waals surface area contributed by atoms with E-state index in [2.05, 4.69) is 15.9 Å². The Balaban J connectivity index is 2.15. The fourth-order valence-electron chi connectivity index (χ4n) is 3.34. The normalized spacial score (nSPS) is 25.0. The number of halogens is 1. The number of benzene rings is 1. The van der Waals surface area contributed by atoms with E-state index in [9.17, 15) is 4.79 Å². The highest BCUT2D eigenvalue weighted by Crippen LogP contribution is 2.50. The second kappa shape index (κ2) is 7.02. The van der Waals surface area contributed by atoms with Crippen LogP contribution in [0.4, 0.5) is 0 Å². The third-order valence-corrected chi connectivity index (χ3v) is 5.70. The zero-order chi connectivity index (χ0) is 18.1. The van der Waals surface area contributed by atoms with E-state index >= 15 is 0 Å². The van der Waals surface area contributed by atoms with Crippen molar-refractivity contribution in [2.45, 2.75) is 45.4 Å². The van der Waals surface area contributed by atoms with Gasteiger partial charge in [0.15, 0.2) is 0 Å². The summed E-state index contributed by atoms with van der Waals surface area (Å²) in [6, 6.07) is 5.76. The van der Waals surface area contributed by atoms with Crippen LogP contribution in [0.5, 0.6) is 5.75 Å². The van der Waals surface area contributed by atoms with E-state index in [0.29, 0.717) is 19.6 Å². The van der Waals surface area contributed by atoms with Crippen LogP contribution in [0.25, 0.3) is 0 Å². The van der Waals surface area contributed by atoms with Crippen LogP contribution in [0.1, 0.15) is 32.8 Å². The van der Waals surface area contributed by atoms with E-state index in [4.69, 9.17) is 15.2 Å². The summed E-state index contributed by atoms with van der Waals surface area (Å²) in [4.78, 5) is 14.7. The fraction of sp³-hybridized carbons (Fsp3) is 0.611. The van der Waals surface area contributed by atoms with Gasteiger partial charge in [-0.2, -0.15) is 0 Å². The van der Waals surface area contributed by atoms with Crippen LogP contribution in [0.2, 0.25) is 0 Å². The molecule has 1 fully saturated rings. The molecule has 1 aromatic rings. The van der Waals surface area contributed by atoms with Crippen molar-refractivity contribution in [3.05, 3.63) is 28.2 Å². The summed E-state index contributed by atoms with van der Waals surface area (Å²) in [5, 5.41) is 0. The molecule has 1 amide bonds. The summed E-state index contributed by atoms with van der Waals surface area (Å²) in [5.74, 6) is 0.689. The molecule has 0 aromatic heterocycles. The number of nitrogens with zero attached hydrogens (tertiary/aromatic N) is 1. The minimum Gasteiger partial charge on any atom is -0.496 e. The lowest BCUT2D eigenvalue weighted by Crippen LogP contribution is -2.75. The molecule has 0 saturated heterocycles. The van der Waals surface area contributed by atoms with Gasteiger partial charge in [-0.25, -0.2) is 0 Å². The Kier molecular flexibility index (Phi) is 5.62. The summed E-state index contributed by atoms with van der Waals surface area (Å²) < 4.78 is 12.0. The number of amides is 1. The van der Waals surface area contributed by atoms with Crippen LogP contribution in [0.15, 0.2) is 22.7 Å². The minimum atomic E-state index is -0.902. The predicted octanol–water partition coefficient (Wildman–Crippen LogP) is 2.95. The molecule has 24 heavy (non-hydrogen) atoms. The smallest absolute Gasteiger partial charge is 0.243 e. The summed E-state index contributed by atoms with van der Waals surface area (Å²) in [6.45, 7) is 7.03. The van der Waals surface area contributed by atoms with Gasteiger partial charge in [0, 0.05) is 42.1 Å². The molecule has 2 rings (SSSR count). The molecule has 0 bridgehead atoms. The topological polar surface area (TPSA) is 64.8 Å². The first-order valence-electron chi connectivity index (χ1n) is 8.15. The van der Waals surface area contributed by atoms with E-state index in [0.717, 1.165) is 15.8 Å². The van der Waals surface area contributed by atoms with Gasteiger partial charge >= 0.3 is 0 Å². The number of likely N-dealkylation sites (N-methyl/N-ethyl adjacent to an activating group) is 1. The molecule has 2 unspecified atom stereocenters. The van der Waals surface area contributed by atoms with Gasteiger partial charge in [-0.3, -0.25) is 4.79 Å². The van der Waals surface area contributed by atoms with Crippen LogP contribution < -0.4 is 10.5 Å². The average molecular weight is 399 g/mol. The molecular weight excluding hydrogens is 372 g/mol. The Morgan fingerprint density at radius 2 is 2.12 bits per heavy atom.